The number of hydrogen-bond acceptors (Lipinski definition) is 4. The number of carbonyl (C=O) groups excluding carboxylic acids is 1. The number of carbonyl (C=O) groups is 1. The van der Waals surface area contributed by atoms with Gasteiger partial charge in [-0.3, -0.25) is 4.79 Å². The van der Waals surface area contributed by atoms with E-state index in [0.29, 0.717) is 12.4 Å². The molecule has 6 heteroatoms. The van der Waals surface area contributed by atoms with Crippen LogP contribution in [0.15, 0.2) is 24.3 Å². The van der Waals surface area contributed by atoms with Crippen molar-refractivity contribution in [2.45, 2.75) is 40.3 Å². The highest BCUT2D eigenvalue weighted by Crippen LogP contribution is 2.22. The molecule has 0 aliphatic rings. The lowest BCUT2D eigenvalue weighted by Gasteiger charge is -2.17. The minimum absolute atomic E-state index is 0.105. The minimum Gasteiger partial charge on any atom is -0.491 e. The van der Waals surface area contributed by atoms with E-state index in [1.807, 2.05) is 45.9 Å². The maximum atomic E-state index is 12.0. The molecule has 0 spiro atoms. The molecule has 0 aliphatic heterocycles. The first-order valence-electron chi connectivity index (χ1n) is 7.65. The minimum atomic E-state index is -0.141. The summed E-state index contributed by atoms with van der Waals surface area (Å²) < 4.78 is 7.34. The number of anilines is 1. The Morgan fingerprint density at radius 3 is 2.57 bits per heavy atom. The van der Waals surface area contributed by atoms with Gasteiger partial charge < -0.3 is 15.8 Å². The Labute approximate surface area is 136 Å². The number of benzene rings is 1. The van der Waals surface area contributed by atoms with Crippen molar-refractivity contribution in [2.24, 2.45) is 0 Å². The molecule has 0 saturated carbocycles. The Morgan fingerprint density at radius 1 is 1.35 bits per heavy atom. The van der Waals surface area contributed by atoms with Gasteiger partial charge in [0.25, 0.3) is 0 Å². The van der Waals surface area contributed by atoms with Crippen LogP contribution in [-0.4, -0.2) is 28.3 Å². The molecular weight excluding hydrogens is 292 g/mol. The van der Waals surface area contributed by atoms with Crippen LogP contribution < -0.4 is 15.8 Å². The van der Waals surface area contributed by atoms with Crippen LogP contribution in [0.4, 0.5) is 5.82 Å². The average molecular weight is 316 g/mol. The molecular formula is C17H24N4O2. The Balaban J connectivity index is 1.86. The fourth-order valence-corrected chi connectivity index (χ4v) is 2.43. The number of aryl methyl sites for hydroxylation is 3. The molecule has 2 aromatic rings. The molecule has 23 heavy (non-hydrogen) atoms. The fraction of sp³-hybridized carbons (Fsp3) is 0.412. The van der Waals surface area contributed by atoms with Gasteiger partial charge in [-0.1, -0.05) is 18.2 Å². The van der Waals surface area contributed by atoms with E-state index in [0.717, 1.165) is 22.6 Å². The van der Waals surface area contributed by atoms with E-state index in [1.165, 1.54) is 4.68 Å². The zero-order valence-corrected chi connectivity index (χ0v) is 14.1. The smallest absolute Gasteiger partial charge is 0.242 e. The van der Waals surface area contributed by atoms with Gasteiger partial charge in [0.05, 0.1) is 11.7 Å². The first-order chi connectivity index (χ1) is 10.9. The van der Waals surface area contributed by atoms with Gasteiger partial charge >= 0.3 is 0 Å². The van der Waals surface area contributed by atoms with Gasteiger partial charge in [-0.05, 0) is 38.8 Å². The molecule has 1 heterocycles. The molecule has 6 nitrogen and oxygen atoms in total. The summed E-state index contributed by atoms with van der Waals surface area (Å²) in [6.07, 6.45) is 0. The van der Waals surface area contributed by atoms with Crippen LogP contribution in [0.5, 0.6) is 5.75 Å². The number of aromatic nitrogens is 2. The number of nitrogens with one attached hydrogen (secondary N) is 1. The molecule has 0 radical (unpaired) electrons. The Kier molecular flexibility index (Phi) is 5.26. The summed E-state index contributed by atoms with van der Waals surface area (Å²) in [4.78, 5) is 12.0. The topological polar surface area (TPSA) is 82.2 Å². The molecule has 1 amide bonds. The number of hydrogen-bond donors (Lipinski definition) is 2. The number of nitrogens with zero attached hydrogens (tertiary/aromatic N) is 2. The van der Waals surface area contributed by atoms with Crippen LogP contribution in [0.3, 0.4) is 0 Å². The van der Waals surface area contributed by atoms with E-state index in [1.54, 1.807) is 6.07 Å². The molecule has 1 unspecified atom stereocenters. The van der Waals surface area contributed by atoms with Gasteiger partial charge in [-0.25, -0.2) is 4.68 Å². The van der Waals surface area contributed by atoms with E-state index in [4.69, 9.17) is 10.5 Å². The normalized spacial score (nSPS) is 12.0. The standard InChI is InChI=1S/C17H24N4O2/c1-11-6-5-7-12(2)17(11)23-10-14(4)19-16(22)9-21-15(18)8-13(3)20-21/h5-8,14H,9-10,18H2,1-4H3,(H,19,22). The molecule has 3 N–H and O–H groups in total. The monoisotopic (exact) mass is 316 g/mol. The van der Waals surface area contributed by atoms with Crippen LogP contribution in [0, 0.1) is 20.8 Å². The third-order valence-corrected chi connectivity index (χ3v) is 3.52. The number of ether oxygens (including phenoxy) is 1. The van der Waals surface area contributed by atoms with Crippen molar-refractivity contribution < 1.29 is 9.53 Å². The van der Waals surface area contributed by atoms with Crippen molar-refractivity contribution in [1.29, 1.82) is 0 Å². The maximum Gasteiger partial charge on any atom is 0.242 e. The Bertz CT molecular complexity index is 674. The van der Waals surface area contributed by atoms with Gasteiger partial charge in [0.2, 0.25) is 5.91 Å². The SMILES string of the molecule is Cc1cc(N)n(CC(=O)NC(C)COc2c(C)cccc2C)n1. The molecule has 0 saturated heterocycles. The molecule has 1 aromatic heterocycles. The first-order valence-corrected chi connectivity index (χ1v) is 7.65. The van der Waals surface area contributed by atoms with Crippen molar-refractivity contribution in [2.75, 3.05) is 12.3 Å². The maximum absolute atomic E-state index is 12.0. The van der Waals surface area contributed by atoms with Gasteiger partial charge in [-0.15, -0.1) is 0 Å². The van der Waals surface area contributed by atoms with Gasteiger partial charge in [0.15, 0.2) is 0 Å². The van der Waals surface area contributed by atoms with Crippen LogP contribution in [-0.2, 0) is 11.3 Å². The predicted octanol–water partition coefficient (Wildman–Crippen LogP) is 1.97. The van der Waals surface area contributed by atoms with Crippen LogP contribution in [0.1, 0.15) is 23.7 Å². The van der Waals surface area contributed by atoms with Crippen LogP contribution in [0.25, 0.3) is 0 Å². The van der Waals surface area contributed by atoms with Gasteiger partial charge in [0, 0.05) is 6.07 Å². The Morgan fingerprint density at radius 2 is 2.00 bits per heavy atom. The lowest BCUT2D eigenvalue weighted by atomic mass is 10.1. The summed E-state index contributed by atoms with van der Waals surface area (Å²) in [7, 11) is 0. The quantitative estimate of drug-likeness (QED) is 0.853. The second-order valence-corrected chi connectivity index (χ2v) is 5.87. The molecule has 1 aromatic carbocycles. The molecule has 1 atom stereocenters. The second kappa shape index (κ2) is 7.17. The lowest BCUT2D eigenvalue weighted by Crippen LogP contribution is -2.39. The predicted molar refractivity (Wildman–Crippen MR) is 90.4 cm³/mol. The summed E-state index contributed by atoms with van der Waals surface area (Å²) in [6.45, 7) is 8.27. The summed E-state index contributed by atoms with van der Waals surface area (Å²) in [5, 5.41) is 7.07. The number of nitrogens with two attached hydrogens (primary N) is 1. The third-order valence-electron chi connectivity index (χ3n) is 3.52. The molecule has 0 aliphatic carbocycles. The highest BCUT2D eigenvalue weighted by molar-refractivity contribution is 5.76. The summed E-state index contributed by atoms with van der Waals surface area (Å²) >= 11 is 0. The molecule has 2 rings (SSSR count). The number of para-hydroxylation sites is 1. The van der Waals surface area contributed by atoms with Gasteiger partial charge in [0.1, 0.15) is 24.7 Å². The summed E-state index contributed by atoms with van der Waals surface area (Å²) in [5.74, 6) is 1.22. The zero-order chi connectivity index (χ0) is 17.0. The zero-order valence-electron chi connectivity index (χ0n) is 14.1. The summed E-state index contributed by atoms with van der Waals surface area (Å²) in [6, 6.07) is 7.64. The van der Waals surface area contributed by atoms with E-state index < -0.39 is 0 Å². The fourth-order valence-electron chi connectivity index (χ4n) is 2.43. The van der Waals surface area contributed by atoms with E-state index in [-0.39, 0.29) is 18.5 Å². The highest BCUT2D eigenvalue weighted by atomic mass is 16.5. The molecule has 124 valence electrons. The first kappa shape index (κ1) is 16.9. The number of amides is 1. The van der Waals surface area contributed by atoms with E-state index in [9.17, 15) is 4.79 Å². The van der Waals surface area contributed by atoms with Crippen molar-refractivity contribution in [3.8, 4) is 5.75 Å². The van der Waals surface area contributed by atoms with Crippen LogP contribution >= 0.6 is 0 Å². The lowest BCUT2D eigenvalue weighted by molar-refractivity contribution is -0.122. The van der Waals surface area contributed by atoms with Crippen molar-refractivity contribution in [3.63, 3.8) is 0 Å². The third kappa shape index (κ3) is 4.48. The van der Waals surface area contributed by atoms with Crippen LogP contribution in [0.2, 0.25) is 0 Å². The highest BCUT2D eigenvalue weighted by Gasteiger charge is 2.12. The largest absolute Gasteiger partial charge is 0.491 e. The average Bonchev–Trinajstić information content (AvgIpc) is 2.76. The van der Waals surface area contributed by atoms with E-state index in [2.05, 4.69) is 10.4 Å². The number of nitrogen functional groups attached to an aromatic ring is 1. The number of rotatable bonds is 6. The molecule has 0 fully saturated rings. The Hall–Kier alpha value is -2.50. The van der Waals surface area contributed by atoms with Crippen molar-refractivity contribution >= 4 is 11.7 Å². The van der Waals surface area contributed by atoms with Crippen molar-refractivity contribution in [3.05, 3.63) is 41.1 Å². The van der Waals surface area contributed by atoms with Crippen molar-refractivity contribution in [1.82, 2.24) is 15.1 Å². The van der Waals surface area contributed by atoms with Gasteiger partial charge in [-0.2, -0.15) is 5.10 Å². The van der Waals surface area contributed by atoms with E-state index >= 15 is 0 Å². The molecule has 0 bridgehead atoms. The second-order valence-electron chi connectivity index (χ2n) is 5.87. The summed E-state index contributed by atoms with van der Waals surface area (Å²) in [5.41, 5.74) is 8.75.